The number of hydrogen-bond donors (Lipinski definition) is 0. The highest BCUT2D eigenvalue weighted by Gasteiger charge is 2.46. The summed E-state index contributed by atoms with van der Waals surface area (Å²) in [6.07, 6.45) is 7.08. The molecule has 0 unspecified atom stereocenters. The molecular weight excluding hydrogens is 360 g/mol. The smallest absolute Gasteiger partial charge is 0.264 e. The Balaban J connectivity index is 1.76. The van der Waals surface area contributed by atoms with Gasteiger partial charge in [0.1, 0.15) is 4.83 Å². The Hall–Kier alpha value is -1.73. The number of likely N-dealkylation sites (N-methyl/N-ethyl adjacent to an activating group) is 1. The fourth-order valence-electron chi connectivity index (χ4n) is 4.91. The van der Waals surface area contributed by atoms with E-state index in [1.165, 1.54) is 28.7 Å². The summed E-state index contributed by atoms with van der Waals surface area (Å²) in [7, 11) is 3.90. The van der Waals surface area contributed by atoms with Gasteiger partial charge in [0.05, 0.1) is 22.6 Å². The zero-order chi connectivity index (χ0) is 19.3. The van der Waals surface area contributed by atoms with Crippen LogP contribution < -0.4 is 5.56 Å². The summed E-state index contributed by atoms with van der Waals surface area (Å²) in [6, 6.07) is 0.228. The van der Waals surface area contributed by atoms with Crippen LogP contribution in [0.15, 0.2) is 11.1 Å². The maximum absolute atomic E-state index is 13.6. The minimum Gasteiger partial charge on any atom is -0.333 e. The molecule has 2 atom stereocenters. The van der Waals surface area contributed by atoms with Crippen LogP contribution in [-0.2, 0) is 7.05 Å². The number of carbonyl (C=O) groups excluding carboxylic acids is 1. The second-order valence-electron chi connectivity index (χ2n) is 8.29. The second kappa shape index (κ2) is 6.71. The normalized spacial score (nSPS) is 26.8. The van der Waals surface area contributed by atoms with E-state index >= 15 is 0 Å². The van der Waals surface area contributed by atoms with Gasteiger partial charge in [-0.25, -0.2) is 4.98 Å². The fraction of sp³-hybridized carbons (Fsp3) is 0.650. The minimum atomic E-state index is -0.0783. The van der Waals surface area contributed by atoms with Gasteiger partial charge in [0.2, 0.25) is 0 Å². The predicted molar refractivity (Wildman–Crippen MR) is 109 cm³/mol. The summed E-state index contributed by atoms with van der Waals surface area (Å²) in [6.45, 7) is 6.10. The van der Waals surface area contributed by atoms with Gasteiger partial charge >= 0.3 is 0 Å². The van der Waals surface area contributed by atoms with E-state index in [4.69, 9.17) is 0 Å². The first-order chi connectivity index (χ1) is 12.8. The van der Waals surface area contributed by atoms with E-state index in [1.807, 2.05) is 6.92 Å². The molecule has 4 heterocycles. The molecule has 6 nitrogen and oxygen atoms in total. The van der Waals surface area contributed by atoms with Crippen molar-refractivity contribution in [3.8, 4) is 0 Å². The molecule has 0 radical (unpaired) electrons. The van der Waals surface area contributed by atoms with Crippen molar-refractivity contribution in [3.05, 3.63) is 27.1 Å². The van der Waals surface area contributed by atoms with Crippen LogP contribution in [-0.4, -0.2) is 57.0 Å². The van der Waals surface area contributed by atoms with Gasteiger partial charge in [-0.05, 0) is 58.7 Å². The number of carbonyl (C=O) groups is 1. The van der Waals surface area contributed by atoms with Gasteiger partial charge in [-0.1, -0.05) is 6.42 Å². The Kier molecular flexibility index (Phi) is 4.63. The van der Waals surface area contributed by atoms with Crippen molar-refractivity contribution in [2.75, 3.05) is 20.1 Å². The van der Waals surface area contributed by atoms with Gasteiger partial charge < -0.3 is 9.47 Å². The Labute approximate surface area is 163 Å². The summed E-state index contributed by atoms with van der Waals surface area (Å²) in [4.78, 5) is 36.4. The number of hydrogen-bond acceptors (Lipinski definition) is 5. The van der Waals surface area contributed by atoms with Crippen LogP contribution >= 0.6 is 11.3 Å². The predicted octanol–water partition coefficient (Wildman–Crippen LogP) is 2.78. The van der Waals surface area contributed by atoms with Gasteiger partial charge in [-0.2, -0.15) is 0 Å². The lowest BCUT2D eigenvalue weighted by Crippen LogP contribution is -2.63. The van der Waals surface area contributed by atoms with Crippen LogP contribution in [0.25, 0.3) is 10.2 Å². The molecule has 0 saturated carbocycles. The average Bonchev–Trinajstić information content (AvgIpc) is 2.90. The Morgan fingerprint density at radius 2 is 2.04 bits per heavy atom. The van der Waals surface area contributed by atoms with Crippen LogP contribution in [0, 0.1) is 6.92 Å². The number of thiophene rings is 1. The van der Waals surface area contributed by atoms with Gasteiger partial charge in [0.25, 0.3) is 11.5 Å². The number of fused-ring (bicyclic) bond motifs is 2. The fourth-order valence-corrected chi connectivity index (χ4v) is 6.00. The Bertz CT molecular complexity index is 949. The topological polar surface area (TPSA) is 58.4 Å². The van der Waals surface area contributed by atoms with Crippen molar-refractivity contribution in [1.29, 1.82) is 0 Å². The van der Waals surface area contributed by atoms with E-state index in [9.17, 15) is 9.59 Å². The molecule has 146 valence electrons. The number of piperidine rings is 1. The van der Waals surface area contributed by atoms with Gasteiger partial charge in [-0.3, -0.25) is 14.5 Å². The van der Waals surface area contributed by atoms with Gasteiger partial charge in [-0.15, -0.1) is 11.3 Å². The number of aromatic nitrogens is 2. The molecule has 7 heteroatoms. The summed E-state index contributed by atoms with van der Waals surface area (Å²) in [5.41, 5.74) is 0.733. The molecule has 4 rings (SSSR count). The highest BCUT2D eigenvalue weighted by Crippen LogP contribution is 2.39. The molecule has 2 aromatic heterocycles. The lowest BCUT2D eigenvalue weighted by atomic mass is 9.80. The molecule has 0 bridgehead atoms. The van der Waals surface area contributed by atoms with Crippen molar-refractivity contribution in [2.45, 2.75) is 57.5 Å². The molecule has 1 amide bonds. The summed E-state index contributed by atoms with van der Waals surface area (Å²) in [5.74, 6) is 0.0729. The van der Waals surface area contributed by atoms with Crippen LogP contribution in [0.4, 0.5) is 0 Å². The molecule has 0 aromatic carbocycles. The van der Waals surface area contributed by atoms with Crippen molar-refractivity contribution in [1.82, 2.24) is 19.4 Å². The largest absolute Gasteiger partial charge is 0.333 e. The van der Waals surface area contributed by atoms with E-state index in [0.717, 1.165) is 44.3 Å². The standard InChI is InChI=1S/C20H28N4O2S/c1-13-15-17(21-12-22(3)18(15)25)27-16(13)19(26)24-11-7-9-20(2)14(24)8-5-6-10-23(20)4/h12,14H,5-11H2,1-4H3/t14-,20-/m0/s1. The maximum atomic E-state index is 13.6. The van der Waals surface area contributed by atoms with E-state index in [-0.39, 0.29) is 23.0 Å². The third-order valence-electron chi connectivity index (χ3n) is 6.73. The highest BCUT2D eigenvalue weighted by atomic mass is 32.1. The third kappa shape index (κ3) is 2.83. The van der Waals surface area contributed by atoms with Crippen molar-refractivity contribution >= 4 is 27.5 Å². The van der Waals surface area contributed by atoms with E-state index in [0.29, 0.717) is 15.1 Å². The third-order valence-corrected chi connectivity index (χ3v) is 7.92. The molecule has 2 saturated heterocycles. The zero-order valence-electron chi connectivity index (χ0n) is 16.6. The van der Waals surface area contributed by atoms with Crippen molar-refractivity contribution in [3.63, 3.8) is 0 Å². The molecule has 2 fully saturated rings. The zero-order valence-corrected chi connectivity index (χ0v) is 17.4. The number of nitrogens with zero attached hydrogens (tertiary/aromatic N) is 4. The van der Waals surface area contributed by atoms with Crippen LogP contribution in [0.5, 0.6) is 0 Å². The highest BCUT2D eigenvalue weighted by molar-refractivity contribution is 7.20. The first-order valence-electron chi connectivity index (χ1n) is 9.81. The monoisotopic (exact) mass is 388 g/mol. The number of amides is 1. The summed E-state index contributed by atoms with van der Waals surface area (Å²) in [5, 5.41) is 0.589. The molecule has 0 spiro atoms. The molecule has 2 aromatic rings. The minimum absolute atomic E-state index is 0.0311. The Morgan fingerprint density at radius 1 is 1.26 bits per heavy atom. The first-order valence-corrected chi connectivity index (χ1v) is 10.6. The molecule has 2 aliphatic rings. The summed E-state index contributed by atoms with van der Waals surface area (Å²) >= 11 is 1.36. The molecule has 27 heavy (non-hydrogen) atoms. The quantitative estimate of drug-likeness (QED) is 0.754. The second-order valence-corrected chi connectivity index (χ2v) is 9.29. The Morgan fingerprint density at radius 3 is 2.81 bits per heavy atom. The van der Waals surface area contributed by atoms with E-state index in [2.05, 4.69) is 28.8 Å². The summed E-state index contributed by atoms with van der Waals surface area (Å²) < 4.78 is 1.48. The maximum Gasteiger partial charge on any atom is 0.264 e. The van der Waals surface area contributed by atoms with Crippen LogP contribution in [0.2, 0.25) is 0 Å². The number of rotatable bonds is 1. The van der Waals surface area contributed by atoms with E-state index < -0.39 is 0 Å². The van der Waals surface area contributed by atoms with Crippen LogP contribution in [0.1, 0.15) is 54.3 Å². The van der Waals surface area contributed by atoms with E-state index in [1.54, 1.807) is 7.05 Å². The SMILES string of the molecule is Cc1c(C(=O)N2CCC[C@@]3(C)[C@@H]2CCCCN3C)sc2ncn(C)c(=O)c12. The number of aryl methyl sites for hydroxylation is 2. The van der Waals surface area contributed by atoms with Gasteiger partial charge in [0.15, 0.2) is 0 Å². The molecule has 2 aliphatic heterocycles. The van der Waals surface area contributed by atoms with Gasteiger partial charge in [0, 0.05) is 19.1 Å². The molecule has 0 aliphatic carbocycles. The van der Waals surface area contributed by atoms with Crippen LogP contribution in [0.3, 0.4) is 0 Å². The first kappa shape index (κ1) is 18.6. The lowest BCUT2D eigenvalue weighted by molar-refractivity contribution is -0.00312. The molecule has 0 N–H and O–H groups in total. The number of likely N-dealkylation sites (tertiary alicyclic amines) is 2. The average molecular weight is 389 g/mol. The lowest BCUT2D eigenvalue weighted by Gasteiger charge is -2.51. The van der Waals surface area contributed by atoms with Crippen molar-refractivity contribution < 1.29 is 4.79 Å². The van der Waals surface area contributed by atoms with Crippen molar-refractivity contribution in [2.24, 2.45) is 7.05 Å². The molecular formula is C20H28N4O2S.